The minimum Gasteiger partial charge on any atom is -0.256 e. The van der Waals surface area contributed by atoms with Crippen molar-refractivity contribution in [2.45, 2.75) is 19.5 Å². The summed E-state index contributed by atoms with van der Waals surface area (Å²) in [6.45, 7) is 3.73. The number of thiocarbonyl (C=S) groups is 1. The van der Waals surface area contributed by atoms with Gasteiger partial charge in [0.25, 0.3) is 0 Å². The summed E-state index contributed by atoms with van der Waals surface area (Å²) >= 11 is 8.90. The van der Waals surface area contributed by atoms with Gasteiger partial charge in [-0.1, -0.05) is 12.2 Å². The van der Waals surface area contributed by atoms with Gasteiger partial charge in [0.1, 0.15) is 0 Å². The summed E-state index contributed by atoms with van der Waals surface area (Å²) in [5.74, 6) is 0. The molecule has 0 N–H and O–H groups in total. The van der Waals surface area contributed by atoms with Crippen molar-refractivity contribution in [2.24, 2.45) is 9.98 Å². The van der Waals surface area contributed by atoms with Crippen molar-refractivity contribution in [1.29, 1.82) is 0 Å². The molecule has 54 valence electrons. The van der Waals surface area contributed by atoms with E-state index in [0.29, 0.717) is 4.20 Å². The molecule has 1 heterocycles. The number of aliphatic imine (C=N–C) groups is 2. The highest BCUT2D eigenvalue weighted by atomic mass is 32.1. The van der Waals surface area contributed by atoms with Crippen molar-refractivity contribution >= 4 is 41.0 Å². The summed E-state index contributed by atoms with van der Waals surface area (Å²) in [6.07, 6.45) is 1.71. The molecule has 10 heavy (non-hydrogen) atoms. The first-order valence-corrected chi connectivity index (χ1v) is 3.75. The average molecular weight is 172 g/mol. The Labute approximate surface area is 70.9 Å². The van der Waals surface area contributed by atoms with E-state index in [-0.39, 0.29) is 0 Å². The zero-order chi connectivity index (χ0) is 7.78. The van der Waals surface area contributed by atoms with Crippen LogP contribution in [-0.2, 0) is 0 Å². The lowest BCUT2D eigenvalue weighted by molar-refractivity contribution is 0.703. The van der Waals surface area contributed by atoms with Crippen LogP contribution in [0, 0.1) is 0 Å². The van der Waals surface area contributed by atoms with Gasteiger partial charge < -0.3 is 0 Å². The third-order valence-electron chi connectivity index (χ3n) is 1.30. The predicted molar refractivity (Wildman–Crippen MR) is 51.6 cm³/mol. The molecular formula is C6H8N2S2. The second-order valence-electron chi connectivity index (χ2n) is 2.34. The number of nitrogens with zero attached hydrogens (tertiary/aromatic N) is 2. The van der Waals surface area contributed by atoms with Gasteiger partial charge in [0.2, 0.25) is 0 Å². The van der Waals surface area contributed by atoms with E-state index in [1.807, 2.05) is 13.8 Å². The van der Waals surface area contributed by atoms with Crippen LogP contribution in [0.15, 0.2) is 9.98 Å². The third-order valence-corrected chi connectivity index (χ3v) is 2.11. The number of hydrogen-bond acceptors (Lipinski definition) is 3. The van der Waals surface area contributed by atoms with Gasteiger partial charge in [-0.15, -0.1) is 12.6 Å². The average Bonchev–Trinajstić information content (AvgIpc) is 2.13. The Morgan fingerprint density at radius 3 is 2.60 bits per heavy atom. The Morgan fingerprint density at radius 2 is 2.40 bits per heavy atom. The molecule has 1 unspecified atom stereocenters. The van der Waals surface area contributed by atoms with E-state index in [2.05, 4.69) is 22.6 Å². The van der Waals surface area contributed by atoms with Gasteiger partial charge in [-0.25, -0.2) is 0 Å². The molecule has 0 aliphatic carbocycles. The number of hydrogen-bond donors (Lipinski definition) is 1. The molecule has 0 fully saturated rings. The first-order valence-electron chi connectivity index (χ1n) is 2.90. The molecule has 0 saturated heterocycles. The van der Waals surface area contributed by atoms with Crippen LogP contribution in [0.25, 0.3) is 0 Å². The van der Waals surface area contributed by atoms with Crippen molar-refractivity contribution < 1.29 is 0 Å². The molecule has 0 saturated carbocycles. The fourth-order valence-corrected chi connectivity index (χ4v) is 0.929. The number of thiol groups is 1. The maximum Gasteiger partial charge on any atom is 0.188 e. The topological polar surface area (TPSA) is 24.7 Å². The van der Waals surface area contributed by atoms with Crippen LogP contribution in [0.4, 0.5) is 0 Å². The zero-order valence-electron chi connectivity index (χ0n) is 5.83. The van der Waals surface area contributed by atoms with Gasteiger partial charge in [-0.05, 0) is 13.8 Å². The minimum absolute atomic E-state index is 0.514. The van der Waals surface area contributed by atoms with E-state index in [4.69, 9.17) is 12.2 Å². The maximum absolute atomic E-state index is 4.87. The molecule has 1 atom stereocenters. The first kappa shape index (κ1) is 7.88. The van der Waals surface area contributed by atoms with E-state index in [1.165, 1.54) is 0 Å². The Morgan fingerprint density at radius 1 is 1.80 bits per heavy atom. The lowest BCUT2D eigenvalue weighted by atomic mass is 10.3. The minimum atomic E-state index is -0.581. The molecule has 0 aromatic heterocycles. The van der Waals surface area contributed by atoms with Crippen LogP contribution in [0.5, 0.6) is 0 Å². The first-order chi connectivity index (χ1) is 4.54. The van der Waals surface area contributed by atoms with Gasteiger partial charge in [-0.2, -0.15) is 0 Å². The Kier molecular flexibility index (Phi) is 1.92. The second kappa shape index (κ2) is 2.43. The molecule has 0 amide bonds. The summed E-state index contributed by atoms with van der Waals surface area (Å²) in [4.78, 5) is 8.30. The predicted octanol–water partition coefficient (Wildman–Crippen LogP) is 1.51. The molecule has 0 spiro atoms. The summed E-state index contributed by atoms with van der Waals surface area (Å²) in [5.41, 5.74) is 0.321. The van der Waals surface area contributed by atoms with Gasteiger partial charge in [0, 0.05) is 6.21 Å². The Bertz CT molecular complexity index is 232. The van der Waals surface area contributed by atoms with E-state index < -0.39 is 5.66 Å². The van der Waals surface area contributed by atoms with Gasteiger partial charge in [-0.3, -0.25) is 9.98 Å². The third kappa shape index (κ3) is 1.27. The van der Waals surface area contributed by atoms with Gasteiger partial charge in [0.15, 0.2) is 5.66 Å². The van der Waals surface area contributed by atoms with Crippen molar-refractivity contribution in [2.75, 3.05) is 0 Å². The highest BCUT2D eigenvalue weighted by Crippen LogP contribution is 2.20. The van der Waals surface area contributed by atoms with E-state index in [9.17, 15) is 0 Å². The molecule has 1 aliphatic heterocycles. The lowest BCUT2D eigenvalue weighted by Crippen LogP contribution is -2.23. The lowest BCUT2D eigenvalue weighted by Gasteiger charge is -2.13. The normalized spacial score (nSPS) is 30.5. The second-order valence-corrected chi connectivity index (χ2v) is 3.50. The molecule has 1 rings (SSSR count). The molecule has 0 bridgehead atoms. The van der Waals surface area contributed by atoms with Crippen LogP contribution >= 0.6 is 24.8 Å². The number of rotatable bonds is 1. The van der Waals surface area contributed by atoms with Gasteiger partial charge >= 0.3 is 0 Å². The quantitative estimate of drug-likeness (QED) is 0.470. The molecule has 1 aliphatic rings. The van der Waals surface area contributed by atoms with Crippen LogP contribution in [-0.4, -0.2) is 21.8 Å². The highest BCUT2D eigenvalue weighted by molar-refractivity contribution is 8.11. The van der Waals surface area contributed by atoms with Crippen LogP contribution in [0.1, 0.15) is 13.8 Å². The van der Waals surface area contributed by atoms with Gasteiger partial charge in [0.05, 0.1) is 9.91 Å². The van der Waals surface area contributed by atoms with Crippen LogP contribution in [0.2, 0.25) is 0 Å². The fourth-order valence-electron chi connectivity index (χ4n) is 0.723. The van der Waals surface area contributed by atoms with Crippen LogP contribution < -0.4 is 0 Å². The highest BCUT2D eigenvalue weighted by Gasteiger charge is 2.27. The largest absolute Gasteiger partial charge is 0.256 e. The summed E-state index contributed by atoms with van der Waals surface area (Å²) in [7, 11) is 0. The Balaban J connectivity index is 2.95. The van der Waals surface area contributed by atoms with Crippen molar-refractivity contribution in [3.05, 3.63) is 0 Å². The molecule has 0 aromatic rings. The van der Waals surface area contributed by atoms with Crippen molar-refractivity contribution in [3.63, 3.8) is 0 Å². The van der Waals surface area contributed by atoms with Crippen molar-refractivity contribution in [3.8, 4) is 0 Å². The summed E-state index contributed by atoms with van der Waals surface area (Å²) in [6, 6.07) is 0. The monoisotopic (exact) mass is 172 g/mol. The Hall–Kier alpha value is -0.220. The standard InChI is InChI=1S/C6H8N2S2/c1-4-3-7-6(2,8-4)5(9)10/h3H,1-2H3,(H,9,10). The van der Waals surface area contributed by atoms with E-state index in [1.54, 1.807) is 6.21 Å². The fraction of sp³-hybridized carbons (Fsp3) is 0.500. The maximum atomic E-state index is 4.87. The summed E-state index contributed by atoms with van der Waals surface area (Å²) in [5, 5.41) is 0. The SMILES string of the molecule is CC1=NC(C)(C(=S)S)N=C1. The molecule has 0 aromatic carbocycles. The zero-order valence-corrected chi connectivity index (χ0v) is 7.54. The van der Waals surface area contributed by atoms with Crippen LogP contribution in [0.3, 0.4) is 0 Å². The summed E-state index contributed by atoms with van der Waals surface area (Å²) < 4.78 is 0.514. The van der Waals surface area contributed by atoms with Crippen molar-refractivity contribution in [1.82, 2.24) is 0 Å². The molecule has 2 nitrogen and oxygen atoms in total. The van der Waals surface area contributed by atoms with E-state index in [0.717, 1.165) is 5.71 Å². The van der Waals surface area contributed by atoms with E-state index >= 15 is 0 Å². The smallest absolute Gasteiger partial charge is 0.188 e. The molecule has 0 radical (unpaired) electrons. The molecular weight excluding hydrogens is 164 g/mol. The molecule has 4 heteroatoms.